The van der Waals surface area contributed by atoms with E-state index in [9.17, 15) is 27.2 Å². The average Bonchev–Trinajstić information content (AvgIpc) is 2.57. The third-order valence-electron chi connectivity index (χ3n) is 3.12. The second-order valence-corrected chi connectivity index (χ2v) is 6.51. The van der Waals surface area contributed by atoms with Crippen molar-refractivity contribution in [1.82, 2.24) is 0 Å². The zero-order chi connectivity index (χ0) is 17.6. The lowest BCUT2D eigenvalue weighted by Crippen LogP contribution is -2.36. The second kappa shape index (κ2) is 5.70. The number of halogens is 4. The first kappa shape index (κ1) is 17.6. The molecule has 126 valence electrons. The first-order valence-electron chi connectivity index (χ1n) is 6.49. The summed E-state index contributed by atoms with van der Waals surface area (Å²) in [7, 11) is 0. The van der Waals surface area contributed by atoms with Crippen LogP contribution in [0.25, 0.3) is 0 Å². The minimum atomic E-state index is -4.39. The summed E-state index contributed by atoms with van der Waals surface area (Å²) in [6, 6.07) is 2.04. The molecule has 1 saturated heterocycles. The quantitative estimate of drug-likeness (QED) is 0.609. The number of aryl methyl sites for hydroxylation is 1. The highest BCUT2D eigenvalue weighted by molar-refractivity contribution is 7.99. The molecular formula is C14H13F4NO3S. The standard InChI is InChI=1S/C14H13F4NO3S/c1-7-4-8(15)9(5-10(7)23-6-14(16,17)18)19-11(20)13(2,3)22-12(19)21/h4-5H,6H2,1-3H3. The number of hydrogen-bond acceptors (Lipinski definition) is 4. The minimum Gasteiger partial charge on any atom is -0.433 e. The van der Waals surface area contributed by atoms with Gasteiger partial charge in [0.1, 0.15) is 5.82 Å². The van der Waals surface area contributed by atoms with Crippen LogP contribution in [0, 0.1) is 12.7 Å². The number of alkyl halides is 3. The van der Waals surface area contributed by atoms with Crippen molar-refractivity contribution in [3.8, 4) is 0 Å². The molecule has 1 aromatic carbocycles. The molecule has 0 N–H and O–H groups in total. The number of thioether (sulfide) groups is 1. The summed E-state index contributed by atoms with van der Waals surface area (Å²) in [4.78, 5) is 24.6. The molecule has 0 aromatic heterocycles. The maximum atomic E-state index is 14.1. The molecular weight excluding hydrogens is 338 g/mol. The lowest BCUT2D eigenvalue weighted by atomic mass is 10.1. The van der Waals surface area contributed by atoms with Crippen LogP contribution < -0.4 is 4.90 Å². The molecule has 1 aliphatic rings. The van der Waals surface area contributed by atoms with E-state index in [1.165, 1.54) is 20.8 Å². The van der Waals surface area contributed by atoms with Gasteiger partial charge >= 0.3 is 12.3 Å². The number of carbonyl (C=O) groups excluding carboxylic acids is 2. The van der Waals surface area contributed by atoms with Crippen molar-refractivity contribution in [2.75, 3.05) is 10.7 Å². The lowest BCUT2D eigenvalue weighted by molar-refractivity contribution is -0.127. The predicted octanol–water partition coefficient (Wildman–Crippen LogP) is 4.05. The predicted molar refractivity (Wildman–Crippen MR) is 76.0 cm³/mol. The molecule has 2 rings (SSSR count). The number of carbonyl (C=O) groups is 2. The number of amides is 2. The molecule has 0 saturated carbocycles. The molecule has 1 aromatic rings. The van der Waals surface area contributed by atoms with Crippen LogP contribution in [0.4, 0.5) is 28.0 Å². The molecule has 1 fully saturated rings. The SMILES string of the molecule is Cc1cc(F)c(N2C(=O)OC(C)(C)C2=O)cc1SCC(F)(F)F. The van der Waals surface area contributed by atoms with Crippen molar-refractivity contribution in [3.63, 3.8) is 0 Å². The number of rotatable bonds is 3. The van der Waals surface area contributed by atoms with E-state index in [4.69, 9.17) is 4.74 Å². The van der Waals surface area contributed by atoms with Gasteiger partial charge < -0.3 is 4.74 Å². The van der Waals surface area contributed by atoms with Crippen LogP contribution in [0.1, 0.15) is 19.4 Å². The molecule has 0 unspecified atom stereocenters. The Balaban J connectivity index is 2.40. The van der Waals surface area contributed by atoms with E-state index in [2.05, 4.69) is 0 Å². The maximum absolute atomic E-state index is 14.1. The molecule has 0 radical (unpaired) electrons. The maximum Gasteiger partial charge on any atom is 0.422 e. The Morgan fingerprint density at radius 1 is 1.26 bits per heavy atom. The Morgan fingerprint density at radius 3 is 2.35 bits per heavy atom. The van der Waals surface area contributed by atoms with Gasteiger partial charge in [-0.2, -0.15) is 13.2 Å². The summed E-state index contributed by atoms with van der Waals surface area (Å²) in [5.74, 6) is -2.83. The van der Waals surface area contributed by atoms with Gasteiger partial charge in [0.2, 0.25) is 0 Å². The van der Waals surface area contributed by atoms with Crippen LogP contribution in [-0.2, 0) is 9.53 Å². The summed E-state index contributed by atoms with van der Waals surface area (Å²) in [5, 5.41) is 0. The van der Waals surface area contributed by atoms with Crippen molar-refractivity contribution in [1.29, 1.82) is 0 Å². The second-order valence-electron chi connectivity index (χ2n) is 5.49. The van der Waals surface area contributed by atoms with E-state index in [1.807, 2.05) is 0 Å². The summed E-state index contributed by atoms with van der Waals surface area (Å²) in [6.45, 7) is 4.14. The highest BCUT2D eigenvalue weighted by Gasteiger charge is 2.48. The first-order valence-corrected chi connectivity index (χ1v) is 7.48. The molecule has 0 bridgehead atoms. The van der Waals surface area contributed by atoms with Crippen LogP contribution in [-0.4, -0.2) is 29.5 Å². The van der Waals surface area contributed by atoms with E-state index < -0.39 is 41.0 Å². The molecule has 0 spiro atoms. The van der Waals surface area contributed by atoms with Crippen LogP contribution >= 0.6 is 11.8 Å². The summed E-state index contributed by atoms with van der Waals surface area (Å²) in [5.41, 5.74) is -1.59. The van der Waals surface area contributed by atoms with Crippen LogP contribution in [0.2, 0.25) is 0 Å². The van der Waals surface area contributed by atoms with Gasteiger partial charge in [0.25, 0.3) is 5.91 Å². The van der Waals surface area contributed by atoms with Crippen molar-refractivity contribution >= 4 is 29.4 Å². The Labute approximate surface area is 133 Å². The van der Waals surface area contributed by atoms with E-state index in [0.29, 0.717) is 16.7 Å². The molecule has 23 heavy (non-hydrogen) atoms. The average molecular weight is 351 g/mol. The van der Waals surface area contributed by atoms with E-state index in [1.54, 1.807) is 0 Å². The number of ether oxygens (including phenoxy) is 1. The number of nitrogens with zero attached hydrogens (tertiary/aromatic N) is 1. The van der Waals surface area contributed by atoms with Crippen molar-refractivity contribution in [2.24, 2.45) is 0 Å². The molecule has 0 aliphatic carbocycles. The van der Waals surface area contributed by atoms with Gasteiger partial charge in [-0.05, 0) is 38.5 Å². The zero-order valence-corrected chi connectivity index (χ0v) is 13.3. The van der Waals surface area contributed by atoms with Crippen molar-refractivity contribution < 1.29 is 31.9 Å². The van der Waals surface area contributed by atoms with E-state index in [0.717, 1.165) is 12.1 Å². The normalized spacial score (nSPS) is 17.6. The number of hydrogen-bond donors (Lipinski definition) is 0. The summed E-state index contributed by atoms with van der Waals surface area (Å²) in [6.07, 6.45) is -5.45. The number of imide groups is 1. The van der Waals surface area contributed by atoms with E-state index >= 15 is 0 Å². The Bertz CT molecular complexity index is 673. The monoisotopic (exact) mass is 351 g/mol. The lowest BCUT2D eigenvalue weighted by Gasteiger charge is -2.17. The topological polar surface area (TPSA) is 46.6 Å². The zero-order valence-electron chi connectivity index (χ0n) is 12.5. The summed E-state index contributed by atoms with van der Waals surface area (Å²) >= 11 is 0.456. The highest BCUT2D eigenvalue weighted by atomic mass is 32.2. The van der Waals surface area contributed by atoms with Gasteiger partial charge in [-0.3, -0.25) is 4.79 Å². The third kappa shape index (κ3) is 3.60. The minimum absolute atomic E-state index is 0.129. The Morgan fingerprint density at radius 2 is 1.87 bits per heavy atom. The fourth-order valence-corrected chi connectivity index (χ4v) is 2.80. The van der Waals surface area contributed by atoms with Crippen molar-refractivity contribution in [3.05, 3.63) is 23.5 Å². The van der Waals surface area contributed by atoms with Gasteiger partial charge in [0.05, 0.1) is 11.4 Å². The van der Waals surface area contributed by atoms with Gasteiger partial charge in [0, 0.05) is 4.90 Å². The number of benzene rings is 1. The van der Waals surface area contributed by atoms with Gasteiger partial charge in [-0.25, -0.2) is 14.1 Å². The molecule has 2 amide bonds. The first-order chi connectivity index (χ1) is 10.4. The van der Waals surface area contributed by atoms with Gasteiger partial charge in [0.15, 0.2) is 5.60 Å². The van der Waals surface area contributed by atoms with Crippen LogP contribution in [0.5, 0.6) is 0 Å². The molecule has 1 aliphatic heterocycles. The fraction of sp³-hybridized carbons (Fsp3) is 0.429. The van der Waals surface area contributed by atoms with Gasteiger partial charge in [-0.15, -0.1) is 11.8 Å². The molecule has 1 heterocycles. The molecule has 0 atom stereocenters. The van der Waals surface area contributed by atoms with Crippen LogP contribution in [0.15, 0.2) is 17.0 Å². The smallest absolute Gasteiger partial charge is 0.422 e. The third-order valence-corrected chi connectivity index (χ3v) is 4.34. The molecule has 4 nitrogen and oxygen atoms in total. The number of anilines is 1. The fourth-order valence-electron chi connectivity index (χ4n) is 2.00. The Hall–Kier alpha value is -1.77. The number of cyclic esters (lactones) is 1. The van der Waals surface area contributed by atoms with Gasteiger partial charge in [-0.1, -0.05) is 0 Å². The van der Waals surface area contributed by atoms with Crippen molar-refractivity contribution in [2.45, 2.75) is 37.4 Å². The largest absolute Gasteiger partial charge is 0.433 e. The van der Waals surface area contributed by atoms with Crippen LogP contribution in [0.3, 0.4) is 0 Å². The van der Waals surface area contributed by atoms with E-state index in [-0.39, 0.29) is 10.5 Å². The Kier molecular flexibility index (Phi) is 4.36. The highest BCUT2D eigenvalue weighted by Crippen LogP contribution is 2.36. The summed E-state index contributed by atoms with van der Waals surface area (Å²) < 4.78 is 56.0. The molecule has 9 heteroatoms.